The third-order valence-corrected chi connectivity index (χ3v) is 4.06. The normalized spacial score (nSPS) is 13.7. The van der Waals surface area contributed by atoms with Crippen LogP contribution in [0, 0.1) is 6.92 Å². The molecule has 0 spiro atoms. The number of rotatable bonds is 7. The second-order valence-electron chi connectivity index (χ2n) is 6.10. The third kappa shape index (κ3) is 3.82. The molecule has 0 aliphatic heterocycles. The number of aromatic nitrogens is 1. The Morgan fingerprint density at radius 2 is 2.00 bits per heavy atom. The summed E-state index contributed by atoms with van der Waals surface area (Å²) in [4.78, 5) is 29.4. The number of aliphatic carboxylic acids is 1. The van der Waals surface area contributed by atoms with E-state index in [1.165, 1.54) is 4.90 Å². The molecular formula is C18H20N2O4. The molecule has 2 aromatic rings. The van der Waals surface area contributed by atoms with Crippen molar-refractivity contribution < 1.29 is 19.1 Å². The summed E-state index contributed by atoms with van der Waals surface area (Å²) in [6.07, 6.45) is 2.64. The Hall–Kier alpha value is -2.63. The number of hydrogen-bond donors (Lipinski definition) is 1. The van der Waals surface area contributed by atoms with Crippen LogP contribution < -0.4 is 0 Å². The zero-order valence-corrected chi connectivity index (χ0v) is 13.6. The van der Waals surface area contributed by atoms with Crippen LogP contribution in [0.4, 0.5) is 0 Å². The average Bonchev–Trinajstić information content (AvgIpc) is 3.34. The van der Waals surface area contributed by atoms with Gasteiger partial charge in [0, 0.05) is 12.5 Å². The van der Waals surface area contributed by atoms with E-state index in [1.807, 2.05) is 30.3 Å². The fourth-order valence-electron chi connectivity index (χ4n) is 2.59. The van der Waals surface area contributed by atoms with Gasteiger partial charge in [0.1, 0.15) is 6.54 Å². The van der Waals surface area contributed by atoms with Crippen LogP contribution in [0.15, 0.2) is 34.7 Å². The lowest BCUT2D eigenvalue weighted by molar-refractivity contribution is -0.137. The number of benzene rings is 1. The minimum Gasteiger partial charge on any atom is -0.480 e. The second-order valence-corrected chi connectivity index (χ2v) is 6.10. The van der Waals surface area contributed by atoms with Gasteiger partial charge < -0.3 is 14.4 Å². The van der Waals surface area contributed by atoms with Crippen LogP contribution in [0.5, 0.6) is 0 Å². The molecule has 1 aliphatic carbocycles. The molecule has 1 amide bonds. The summed E-state index contributed by atoms with van der Waals surface area (Å²) in [6.45, 7) is 1.68. The smallest absolute Gasteiger partial charge is 0.323 e. The molecule has 0 bridgehead atoms. The molecule has 6 nitrogen and oxygen atoms in total. The van der Waals surface area contributed by atoms with E-state index >= 15 is 0 Å². The Kier molecular flexibility index (Phi) is 4.64. The Balaban J connectivity index is 1.74. The van der Waals surface area contributed by atoms with Gasteiger partial charge in [-0.2, -0.15) is 0 Å². The van der Waals surface area contributed by atoms with Gasteiger partial charge in [0.15, 0.2) is 5.89 Å². The molecule has 1 heterocycles. The minimum absolute atomic E-state index is 0.159. The van der Waals surface area contributed by atoms with Crippen LogP contribution in [0.2, 0.25) is 0 Å². The van der Waals surface area contributed by atoms with Crippen LogP contribution in [0.25, 0.3) is 0 Å². The van der Waals surface area contributed by atoms with E-state index < -0.39 is 11.9 Å². The summed E-state index contributed by atoms with van der Waals surface area (Å²) >= 11 is 0. The molecule has 0 radical (unpaired) electrons. The lowest BCUT2D eigenvalue weighted by Crippen LogP contribution is -2.37. The van der Waals surface area contributed by atoms with Crippen molar-refractivity contribution in [1.82, 2.24) is 9.88 Å². The van der Waals surface area contributed by atoms with Crippen molar-refractivity contribution in [1.29, 1.82) is 0 Å². The quantitative estimate of drug-likeness (QED) is 0.844. The number of oxazole rings is 1. The summed E-state index contributed by atoms with van der Waals surface area (Å²) in [5.41, 5.74) is 1.57. The standard InChI is InChI=1S/C18H20N2O4/c1-12-16(24-17(19-12)14-7-8-14)18(23)20(11-15(21)22)10-9-13-5-3-2-4-6-13/h2-6,14H,7-11H2,1H3,(H,21,22). The maximum Gasteiger partial charge on any atom is 0.323 e. The first-order valence-electron chi connectivity index (χ1n) is 8.07. The molecule has 24 heavy (non-hydrogen) atoms. The van der Waals surface area contributed by atoms with Crippen LogP contribution >= 0.6 is 0 Å². The van der Waals surface area contributed by atoms with Crippen molar-refractivity contribution in [3.8, 4) is 0 Å². The highest BCUT2D eigenvalue weighted by Gasteiger charge is 2.32. The molecule has 1 N–H and O–H groups in total. The summed E-state index contributed by atoms with van der Waals surface area (Å²) in [6, 6.07) is 9.66. The molecule has 1 aromatic carbocycles. The summed E-state index contributed by atoms with van der Waals surface area (Å²) in [7, 11) is 0. The Morgan fingerprint density at radius 3 is 2.62 bits per heavy atom. The molecule has 1 fully saturated rings. The summed E-state index contributed by atoms with van der Waals surface area (Å²) < 4.78 is 5.62. The van der Waals surface area contributed by atoms with Gasteiger partial charge >= 0.3 is 5.97 Å². The fraction of sp³-hybridized carbons (Fsp3) is 0.389. The molecule has 1 aromatic heterocycles. The number of hydrogen-bond acceptors (Lipinski definition) is 4. The van der Waals surface area contributed by atoms with Crippen molar-refractivity contribution in [3.63, 3.8) is 0 Å². The highest BCUT2D eigenvalue weighted by atomic mass is 16.4. The van der Waals surface area contributed by atoms with Crippen molar-refractivity contribution in [2.75, 3.05) is 13.1 Å². The second kappa shape index (κ2) is 6.86. The van der Waals surface area contributed by atoms with Gasteiger partial charge in [-0.15, -0.1) is 0 Å². The van der Waals surface area contributed by atoms with E-state index in [1.54, 1.807) is 6.92 Å². The molecule has 0 atom stereocenters. The number of nitrogens with zero attached hydrogens (tertiary/aromatic N) is 2. The van der Waals surface area contributed by atoms with E-state index in [0.29, 0.717) is 30.5 Å². The van der Waals surface area contributed by atoms with Gasteiger partial charge in [-0.3, -0.25) is 9.59 Å². The van der Waals surface area contributed by atoms with Gasteiger partial charge in [0.05, 0.1) is 5.69 Å². The average molecular weight is 328 g/mol. The van der Waals surface area contributed by atoms with E-state index in [2.05, 4.69) is 4.98 Å². The van der Waals surface area contributed by atoms with Gasteiger partial charge in [-0.25, -0.2) is 4.98 Å². The molecule has 0 saturated heterocycles. The first-order valence-corrected chi connectivity index (χ1v) is 8.07. The molecule has 126 valence electrons. The molecule has 6 heteroatoms. The largest absolute Gasteiger partial charge is 0.480 e. The number of aryl methyl sites for hydroxylation is 1. The molecule has 1 saturated carbocycles. The topological polar surface area (TPSA) is 83.6 Å². The maximum atomic E-state index is 12.7. The van der Waals surface area contributed by atoms with Crippen molar-refractivity contribution in [3.05, 3.63) is 53.2 Å². The molecule has 3 rings (SSSR count). The van der Waals surface area contributed by atoms with Crippen LogP contribution in [-0.4, -0.2) is 40.0 Å². The number of carbonyl (C=O) groups excluding carboxylic acids is 1. The first-order chi connectivity index (χ1) is 11.5. The van der Waals surface area contributed by atoms with Gasteiger partial charge in [-0.05, 0) is 31.7 Å². The molecular weight excluding hydrogens is 308 g/mol. The third-order valence-electron chi connectivity index (χ3n) is 4.06. The minimum atomic E-state index is -1.05. The SMILES string of the molecule is Cc1nc(C2CC2)oc1C(=O)N(CCc1ccccc1)CC(=O)O. The lowest BCUT2D eigenvalue weighted by Gasteiger charge is -2.19. The highest BCUT2D eigenvalue weighted by Crippen LogP contribution is 2.40. The number of amides is 1. The van der Waals surface area contributed by atoms with Crippen LogP contribution in [0.3, 0.4) is 0 Å². The van der Waals surface area contributed by atoms with Gasteiger partial charge in [-0.1, -0.05) is 30.3 Å². The zero-order chi connectivity index (χ0) is 17.1. The predicted octanol–water partition coefficient (Wildman–Crippen LogP) is 2.63. The zero-order valence-electron chi connectivity index (χ0n) is 13.6. The predicted molar refractivity (Wildman–Crippen MR) is 86.9 cm³/mol. The van der Waals surface area contributed by atoms with E-state index in [9.17, 15) is 9.59 Å². The van der Waals surface area contributed by atoms with Crippen LogP contribution in [-0.2, 0) is 11.2 Å². The van der Waals surface area contributed by atoms with Gasteiger partial charge in [0.2, 0.25) is 5.76 Å². The van der Waals surface area contributed by atoms with Crippen molar-refractivity contribution in [2.24, 2.45) is 0 Å². The van der Waals surface area contributed by atoms with E-state index in [4.69, 9.17) is 9.52 Å². The van der Waals surface area contributed by atoms with E-state index in [0.717, 1.165) is 18.4 Å². The Morgan fingerprint density at radius 1 is 1.29 bits per heavy atom. The van der Waals surface area contributed by atoms with Gasteiger partial charge in [0.25, 0.3) is 5.91 Å². The maximum absolute atomic E-state index is 12.7. The van der Waals surface area contributed by atoms with Crippen molar-refractivity contribution >= 4 is 11.9 Å². The summed E-state index contributed by atoms with van der Waals surface area (Å²) in [5.74, 6) is -0.399. The highest BCUT2D eigenvalue weighted by molar-refractivity contribution is 5.94. The monoisotopic (exact) mass is 328 g/mol. The molecule has 1 aliphatic rings. The van der Waals surface area contributed by atoms with Crippen LogP contribution in [0.1, 0.15) is 46.5 Å². The lowest BCUT2D eigenvalue weighted by atomic mass is 10.1. The number of carbonyl (C=O) groups is 2. The summed E-state index contributed by atoms with van der Waals surface area (Å²) in [5, 5.41) is 9.11. The Bertz CT molecular complexity index is 735. The Labute approximate surface area is 140 Å². The van der Waals surface area contributed by atoms with E-state index in [-0.39, 0.29) is 12.3 Å². The first kappa shape index (κ1) is 16.2. The van der Waals surface area contributed by atoms with Crippen molar-refractivity contribution in [2.45, 2.75) is 32.1 Å². The fourth-order valence-corrected chi connectivity index (χ4v) is 2.59. The number of carboxylic acid groups (broad SMARTS) is 1. The number of carboxylic acids is 1. The molecule has 0 unspecified atom stereocenters.